The van der Waals surface area contributed by atoms with Gasteiger partial charge in [0.05, 0.1) is 0 Å². The van der Waals surface area contributed by atoms with Gasteiger partial charge in [0.1, 0.15) is 0 Å². The second-order valence-electron chi connectivity index (χ2n) is 2.08. The molecule has 0 aliphatic rings. The average Bonchev–Trinajstić information content (AvgIpc) is 1.97. The van der Waals surface area contributed by atoms with E-state index in [0.717, 1.165) is 0 Å². The Bertz CT molecular complexity index is 115. The van der Waals surface area contributed by atoms with Crippen LogP contribution in [0.4, 0.5) is 8.78 Å². The number of nitrogens with zero attached hydrogens (tertiary/aromatic N) is 1. The summed E-state index contributed by atoms with van der Waals surface area (Å²) in [5.74, 6) is 0. The van der Waals surface area contributed by atoms with Gasteiger partial charge in [-0.05, 0) is 6.92 Å². The van der Waals surface area contributed by atoms with Gasteiger partial charge in [-0.3, -0.25) is 0 Å². The summed E-state index contributed by atoms with van der Waals surface area (Å²) >= 11 is 0. The fourth-order valence-corrected chi connectivity index (χ4v) is 0.677. The third kappa shape index (κ3) is 5.79. The second kappa shape index (κ2) is 6.09. The van der Waals surface area contributed by atoms with Crippen LogP contribution in [0.3, 0.4) is 0 Å². The molecule has 11 heavy (non-hydrogen) atoms. The first-order valence-electron chi connectivity index (χ1n) is 3.55. The van der Waals surface area contributed by atoms with E-state index in [-0.39, 0.29) is 6.42 Å². The highest BCUT2D eigenvalue weighted by atomic mass is 19.3. The van der Waals surface area contributed by atoms with E-state index >= 15 is 0 Å². The summed E-state index contributed by atoms with van der Waals surface area (Å²) in [7, 11) is 1.70. The van der Waals surface area contributed by atoms with E-state index in [4.69, 9.17) is 0 Å². The van der Waals surface area contributed by atoms with Crippen LogP contribution < -0.4 is 5.43 Å². The Morgan fingerprint density at radius 3 is 2.55 bits per heavy atom. The first-order chi connectivity index (χ1) is 5.20. The highest BCUT2D eigenvalue weighted by Gasteiger charge is 2.03. The van der Waals surface area contributed by atoms with Crippen LogP contribution in [-0.4, -0.2) is 25.0 Å². The second-order valence-corrected chi connectivity index (χ2v) is 2.08. The highest BCUT2D eigenvalue weighted by molar-refractivity contribution is 4.75. The predicted molar refractivity (Wildman–Crippen MR) is 41.2 cm³/mol. The molecule has 66 valence electrons. The quantitative estimate of drug-likeness (QED) is 0.621. The first kappa shape index (κ1) is 10.4. The Morgan fingerprint density at radius 2 is 2.18 bits per heavy atom. The molecule has 2 nitrogen and oxygen atoms in total. The molecule has 0 amide bonds. The molecule has 0 fully saturated rings. The van der Waals surface area contributed by atoms with E-state index in [1.165, 1.54) is 0 Å². The zero-order valence-electron chi connectivity index (χ0n) is 6.85. The van der Waals surface area contributed by atoms with Crippen LogP contribution in [-0.2, 0) is 0 Å². The van der Waals surface area contributed by atoms with Gasteiger partial charge < -0.3 is 5.01 Å². The Labute approximate surface area is 65.9 Å². The number of hydrogen-bond acceptors (Lipinski definition) is 2. The molecule has 0 rings (SSSR count). The molecule has 0 aromatic rings. The zero-order valence-corrected chi connectivity index (χ0v) is 6.85. The minimum Gasteiger partial charge on any atom is -0.316 e. The average molecular weight is 164 g/mol. The monoisotopic (exact) mass is 164 g/mol. The standard InChI is InChI=1S/C7H14F2N2/c1-3-5-11(10-2)6-4-7(8)9/h3,5,7,10H,4,6H2,1-2H3/b5-3-. The Kier molecular flexibility index (Phi) is 5.74. The van der Waals surface area contributed by atoms with Crippen LogP contribution in [0.5, 0.6) is 0 Å². The van der Waals surface area contributed by atoms with Gasteiger partial charge in [-0.2, -0.15) is 0 Å². The van der Waals surface area contributed by atoms with Crippen molar-refractivity contribution < 1.29 is 8.78 Å². The lowest BCUT2D eigenvalue weighted by Gasteiger charge is -2.17. The van der Waals surface area contributed by atoms with Crippen molar-refractivity contribution in [2.24, 2.45) is 0 Å². The van der Waals surface area contributed by atoms with Crippen LogP contribution in [0.15, 0.2) is 12.3 Å². The van der Waals surface area contributed by atoms with Crippen LogP contribution in [0.2, 0.25) is 0 Å². The van der Waals surface area contributed by atoms with Crippen molar-refractivity contribution >= 4 is 0 Å². The van der Waals surface area contributed by atoms with Gasteiger partial charge in [-0.25, -0.2) is 14.2 Å². The molecule has 0 heterocycles. The largest absolute Gasteiger partial charge is 0.316 e. The van der Waals surface area contributed by atoms with E-state index in [1.807, 2.05) is 6.92 Å². The van der Waals surface area contributed by atoms with Crippen molar-refractivity contribution in [2.75, 3.05) is 13.6 Å². The van der Waals surface area contributed by atoms with Gasteiger partial charge in [-0.1, -0.05) is 6.08 Å². The third-order valence-corrected chi connectivity index (χ3v) is 1.20. The van der Waals surface area contributed by atoms with Crippen LogP contribution in [0.1, 0.15) is 13.3 Å². The van der Waals surface area contributed by atoms with Gasteiger partial charge in [0, 0.05) is 26.2 Å². The van der Waals surface area contributed by atoms with Crippen molar-refractivity contribution in [1.82, 2.24) is 10.4 Å². The molecule has 0 saturated carbocycles. The van der Waals surface area contributed by atoms with Crippen LogP contribution >= 0.6 is 0 Å². The molecule has 0 spiro atoms. The van der Waals surface area contributed by atoms with E-state index in [2.05, 4.69) is 5.43 Å². The maximum absolute atomic E-state index is 11.7. The van der Waals surface area contributed by atoms with Crippen molar-refractivity contribution in [2.45, 2.75) is 19.8 Å². The maximum atomic E-state index is 11.7. The van der Waals surface area contributed by atoms with E-state index in [0.29, 0.717) is 6.54 Å². The lowest BCUT2D eigenvalue weighted by atomic mass is 10.4. The molecule has 0 radical (unpaired) electrons. The fourth-order valence-electron chi connectivity index (χ4n) is 0.677. The number of rotatable bonds is 5. The summed E-state index contributed by atoms with van der Waals surface area (Å²) in [6, 6.07) is 0. The van der Waals surface area contributed by atoms with Crippen molar-refractivity contribution in [3.05, 3.63) is 12.3 Å². The highest BCUT2D eigenvalue weighted by Crippen LogP contribution is 1.99. The normalized spacial score (nSPS) is 11.4. The lowest BCUT2D eigenvalue weighted by molar-refractivity contribution is 0.118. The van der Waals surface area contributed by atoms with Gasteiger partial charge in [-0.15, -0.1) is 0 Å². The minimum absolute atomic E-state index is 0.106. The topological polar surface area (TPSA) is 15.3 Å². The number of nitrogens with one attached hydrogen (secondary N) is 1. The van der Waals surface area contributed by atoms with Crippen molar-refractivity contribution in [3.63, 3.8) is 0 Å². The fraction of sp³-hybridized carbons (Fsp3) is 0.714. The number of halogens is 2. The molecular weight excluding hydrogens is 150 g/mol. The summed E-state index contributed by atoms with van der Waals surface area (Å²) in [6.45, 7) is 2.17. The number of allylic oxidation sites excluding steroid dienone is 1. The molecule has 0 saturated heterocycles. The van der Waals surface area contributed by atoms with Gasteiger partial charge in [0.25, 0.3) is 0 Å². The van der Waals surface area contributed by atoms with E-state index < -0.39 is 6.43 Å². The molecule has 0 bridgehead atoms. The molecular formula is C7H14F2N2. The van der Waals surface area contributed by atoms with Gasteiger partial charge in [0.15, 0.2) is 0 Å². The zero-order chi connectivity index (χ0) is 8.69. The van der Waals surface area contributed by atoms with E-state index in [1.54, 1.807) is 24.3 Å². The molecule has 0 aliphatic heterocycles. The molecule has 0 atom stereocenters. The smallest absolute Gasteiger partial charge is 0.240 e. The number of hydrazine groups is 1. The Balaban J connectivity index is 3.52. The first-order valence-corrected chi connectivity index (χ1v) is 3.55. The number of alkyl halides is 2. The summed E-state index contributed by atoms with van der Waals surface area (Å²) in [5.41, 5.74) is 2.77. The maximum Gasteiger partial charge on any atom is 0.240 e. The SMILES string of the molecule is C/C=C\N(CCC(F)F)NC. The number of hydrogen-bond donors (Lipinski definition) is 1. The van der Waals surface area contributed by atoms with Crippen LogP contribution in [0.25, 0.3) is 0 Å². The summed E-state index contributed by atoms with van der Waals surface area (Å²) < 4.78 is 23.4. The Morgan fingerprint density at radius 1 is 1.55 bits per heavy atom. The van der Waals surface area contributed by atoms with Crippen LogP contribution in [0, 0.1) is 0 Å². The van der Waals surface area contributed by atoms with Gasteiger partial charge in [0.2, 0.25) is 6.43 Å². The molecule has 0 aromatic carbocycles. The lowest BCUT2D eigenvalue weighted by Crippen LogP contribution is -2.31. The predicted octanol–water partition coefficient (Wildman–Crippen LogP) is 1.61. The minimum atomic E-state index is -2.23. The summed E-state index contributed by atoms with van der Waals surface area (Å²) in [4.78, 5) is 0. The van der Waals surface area contributed by atoms with Gasteiger partial charge >= 0.3 is 0 Å². The molecule has 0 unspecified atom stereocenters. The third-order valence-electron chi connectivity index (χ3n) is 1.20. The van der Waals surface area contributed by atoms with Crippen molar-refractivity contribution in [1.29, 1.82) is 0 Å². The van der Waals surface area contributed by atoms with Crippen molar-refractivity contribution in [3.8, 4) is 0 Å². The summed E-state index contributed by atoms with van der Waals surface area (Å²) in [6.07, 6.45) is 1.19. The van der Waals surface area contributed by atoms with E-state index in [9.17, 15) is 8.78 Å². The molecule has 1 N–H and O–H groups in total. The molecule has 4 heteroatoms. The molecule has 0 aliphatic carbocycles. The summed E-state index contributed by atoms with van der Waals surface area (Å²) in [5, 5.41) is 1.62. The Hall–Kier alpha value is -0.640. The molecule has 0 aromatic heterocycles.